The third kappa shape index (κ3) is 3.65. The number of hydrogen-bond donors (Lipinski definition) is 2. The highest BCUT2D eigenvalue weighted by Gasteiger charge is 2.13. The molecule has 2 N–H and O–H groups in total. The Kier molecular flexibility index (Phi) is 4.65. The lowest BCUT2D eigenvalue weighted by molar-refractivity contribution is -0.118. The van der Waals surface area contributed by atoms with Gasteiger partial charge in [-0.1, -0.05) is 26.0 Å². The van der Waals surface area contributed by atoms with Gasteiger partial charge < -0.3 is 10.6 Å². The van der Waals surface area contributed by atoms with E-state index >= 15 is 0 Å². The number of anilines is 2. The SMILES string of the molecule is CC(C)C(=O)Nc1cccc(C(=O)Nc2ccc3c(c2)CCC3)c1. The summed E-state index contributed by atoms with van der Waals surface area (Å²) in [4.78, 5) is 24.2. The number of carbonyl (C=O) groups is 2. The minimum Gasteiger partial charge on any atom is -0.326 e. The third-order valence-electron chi connectivity index (χ3n) is 4.27. The van der Waals surface area contributed by atoms with Gasteiger partial charge in [0.25, 0.3) is 5.91 Å². The molecule has 0 aromatic heterocycles. The van der Waals surface area contributed by atoms with Crippen LogP contribution in [-0.4, -0.2) is 11.8 Å². The van der Waals surface area contributed by atoms with Crippen LogP contribution in [0, 0.1) is 5.92 Å². The Morgan fingerprint density at radius 1 is 0.917 bits per heavy atom. The van der Waals surface area contributed by atoms with Crippen molar-refractivity contribution in [2.45, 2.75) is 33.1 Å². The molecular formula is C20H22N2O2. The number of nitrogens with one attached hydrogen (secondary N) is 2. The molecule has 4 nitrogen and oxygen atoms in total. The minimum atomic E-state index is -0.173. The van der Waals surface area contributed by atoms with Crippen molar-refractivity contribution in [2.24, 2.45) is 5.92 Å². The molecule has 24 heavy (non-hydrogen) atoms. The van der Waals surface area contributed by atoms with Crippen LogP contribution in [-0.2, 0) is 17.6 Å². The molecule has 0 fully saturated rings. The summed E-state index contributed by atoms with van der Waals surface area (Å²) in [6, 6.07) is 13.1. The van der Waals surface area contributed by atoms with Crippen LogP contribution in [0.1, 0.15) is 41.8 Å². The van der Waals surface area contributed by atoms with Gasteiger partial charge in [-0.15, -0.1) is 0 Å². The molecule has 2 aromatic rings. The lowest BCUT2D eigenvalue weighted by Crippen LogP contribution is -2.18. The zero-order valence-electron chi connectivity index (χ0n) is 14.1. The van der Waals surface area contributed by atoms with Crippen LogP contribution < -0.4 is 10.6 Å². The average molecular weight is 322 g/mol. The highest BCUT2D eigenvalue weighted by atomic mass is 16.2. The zero-order valence-corrected chi connectivity index (χ0v) is 14.1. The number of aryl methyl sites for hydroxylation is 2. The molecule has 1 aliphatic rings. The molecule has 0 atom stereocenters. The van der Waals surface area contributed by atoms with Crippen molar-refractivity contribution >= 4 is 23.2 Å². The molecular weight excluding hydrogens is 300 g/mol. The summed E-state index contributed by atoms with van der Waals surface area (Å²) in [5.41, 5.74) is 4.68. The maximum atomic E-state index is 12.5. The van der Waals surface area contributed by atoms with Gasteiger partial charge in [-0.05, 0) is 60.7 Å². The Hall–Kier alpha value is -2.62. The molecule has 3 rings (SSSR count). The van der Waals surface area contributed by atoms with E-state index in [9.17, 15) is 9.59 Å². The summed E-state index contributed by atoms with van der Waals surface area (Å²) in [6.07, 6.45) is 3.39. The molecule has 0 heterocycles. The van der Waals surface area contributed by atoms with Crippen molar-refractivity contribution in [3.05, 3.63) is 59.2 Å². The van der Waals surface area contributed by atoms with E-state index in [2.05, 4.69) is 22.8 Å². The minimum absolute atomic E-state index is 0.0637. The number of amides is 2. The molecule has 0 spiro atoms. The summed E-state index contributed by atoms with van der Waals surface area (Å²) in [5, 5.41) is 5.76. The van der Waals surface area contributed by atoms with Gasteiger partial charge in [0.05, 0.1) is 0 Å². The molecule has 0 radical (unpaired) electrons. The Bertz CT molecular complexity index is 781. The second-order valence-electron chi connectivity index (χ2n) is 6.52. The van der Waals surface area contributed by atoms with Crippen molar-refractivity contribution in [1.82, 2.24) is 0 Å². The monoisotopic (exact) mass is 322 g/mol. The van der Waals surface area contributed by atoms with E-state index in [1.807, 2.05) is 19.9 Å². The van der Waals surface area contributed by atoms with Crippen molar-refractivity contribution in [3.8, 4) is 0 Å². The Balaban J connectivity index is 1.72. The second-order valence-corrected chi connectivity index (χ2v) is 6.52. The average Bonchev–Trinajstić information content (AvgIpc) is 3.02. The Morgan fingerprint density at radius 2 is 1.67 bits per heavy atom. The van der Waals surface area contributed by atoms with Gasteiger partial charge >= 0.3 is 0 Å². The Labute approximate surface area is 142 Å². The normalized spacial score (nSPS) is 12.8. The molecule has 1 aliphatic carbocycles. The largest absolute Gasteiger partial charge is 0.326 e. The van der Waals surface area contributed by atoms with E-state index < -0.39 is 0 Å². The fourth-order valence-corrected chi connectivity index (χ4v) is 2.88. The molecule has 124 valence electrons. The van der Waals surface area contributed by atoms with Crippen LogP contribution in [0.25, 0.3) is 0 Å². The predicted molar refractivity (Wildman–Crippen MR) is 96.3 cm³/mol. The van der Waals surface area contributed by atoms with Crippen LogP contribution in [0.5, 0.6) is 0 Å². The highest BCUT2D eigenvalue weighted by molar-refractivity contribution is 6.05. The van der Waals surface area contributed by atoms with E-state index in [1.54, 1.807) is 24.3 Å². The number of benzene rings is 2. The van der Waals surface area contributed by atoms with Crippen LogP contribution in [0.3, 0.4) is 0 Å². The van der Waals surface area contributed by atoms with Gasteiger partial charge in [0, 0.05) is 22.9 Å². The van der Waals surface area contributed by atoms with E-state index in [0.717, 1.165) is 18.5 Å². The summed E-state index contributed by atoms with van der Waals surface area (Å²) in [6.45, 7) is 3.67. The standard InChI is InChI=1S/C20H22N2O2/c1-13(2)19(23)21-17-8-4-7-16(12-17)20(24)22-18-10-9-14-5-3-6-15(14)11-18/h4,7-13H,3,5-6H2,1-2H3,(H,21,23)(H,22,24). The summed E-state index contributed by atoms with van der Waals surface area (Å²) in [7, 11) is 0. The van der Waals surface area contributed by atoms with Gasteiger partial charge in [-0.25, -0.2) is 0 Å². The van der Waals surface area contributed by atoms with E-state index in [-0.39, 0.29) is 17.7 Å². The lowest BCUT2D eigenvalue weighted by atomic mass is 10.1. The predicted octanol–water partition coefficient (Wildman–Crippen LogP) is 4.02. The number of carbonyl (C=O) groups excluding carboxylic acids is 2. The summed E-state index contributed by atoms with van der Waals surface area (Å²) >= 11 is 0. The van der Waals surface area contributed by atoms with Gasteiger partial charge in [0.1, 0.15) is 0 Å². The van der Waals surface area contributed by atoms with E-state index in [0.29, 0.717) is 11.3 Å². The molecule has 0 saturated carbocycles. The topological polar surface area (TPSA) is 58.2 Å². The third-order valence-corrected chi connectivity index (χ3v) is 4.27. The smallest absolute Gasteiger partial charge is 0.255 e. The number of hydrogen-bond acceptors (Lipinski definition) is 2. The van der Waals surface area contributed by atoms with E-state index in [1.165, 1.54) is 17.5 Å². The molecule has 0 saturated heterocycles. The molecule has 4 heteroatoms. The summed E-state index contributed by atoms with van der Waals surface area (Å²) < 4.78 is 0. The van der Waals surface area contributed by atoms with Gasteiger partial charge in [-0.2, -0.15) is 0 Å². The molecule has 0 unspecified atom stereocenters. The van der Waals surface area contributed by atoms with Crippen LogP contribution in [0.15, 0.2) is 42.5 Å². The van der Waals surface area contributed by atoms with Crippen molar-refractivity contribution in [3.63, 3.8) is 0 Å². The van der Waals surface area contributed by atoms with Crippen LogP contribution in [0.4, 0.5) is 11.4 Å². The van der Waals surface area contributed by atoms with Gasteiger partial charge in [-0.3, -0.25) is 9.59 Å². The fraction of sp³-hybridized carbons (Fsp3) is 0.300. The molecule has 2 aromatic carbocycles. The maximum Gasteiger partial charge on any atom is 0.255 e. The number of fused-ring (bicyclic) bond motifs is 1. The highest BCUT2D eigenvalue weighted by Crippen LogP contribution is 2.25. The van der Waals surface area contributed by atoms with Crippen LogP contribution >= 0.6 is 0 Å². The van der Waals surface area contributed by atoms with Gasteiger partial charge in [0.2, 0.25) is 5.91 Å². The first-order valence-corrected chi connectivity index (χ1v) is 8.37. The van der Waals surface area contributed by atoms with Crippen molar-refractivity contribution in [1.29, 1.82) is 0 Å². The van der Waals surface area contributed by atoms with Crippen molar-refractivity contribution < 1.29 is 9.59 Å². The maximum absolute atomic E-state index is 12.5. The molecule has 0 bridgehead atoms. The zero-order chi connectivity index (χ0) is 17.1. The quantitative estimate of drug-likeness (QED) is 0.893. The first-order chi connectivity index (χ1) is 11.5. The Morgan fingerprint density at radius 3 is 2.46 bits per heavy atom. The molecule has 0 aliphatic heterocycles. The fourth-order valence-electron chi connectivity index (χ4n) is 2.88. The van der Waals surface area contributed by atoms with Crippen molar-refractivity contribution in [2.75, 3.05) is 10.6 Å². The van der Waals surface area contributed by atoms with Gasteiger partial charge in [0.15, 0.2) is 0 Å². The first-order valence-electron chi connectivity index (χ1n) is 8.37. The van der Waals surface area contributed by atoms with Crippen LogP contribution in [0.2, 0.25) is 0 Å². The first kappa shape index (κ1) is 16.2. The lowest BCUT2D eigenvalue weighted by Gasteiger charge is -2.10. The molecule has 2 amide bonds. The van der Waals surface area contributed by atoms with E-state index in [4.69, 9.17) is 0 Å². The number of rotatable bonds is 4. The second kappa shape index (κ2) is 6.87. The summed E-state index contributed by atoms with van der Waals surface area (Å²) in [5.74, 6) is -0.339.